The molecule has 2 heterocycles. The molecule has 4 heteroatoms. The van der Waals surface area contributed by atoms with E-state index in [0.717, 1.165) is 28.6 Å². The molecule has 3 aromatic rings. The van der Waals surface area contributed by atoms with E-state index in [1.807, 2.05) is 61.1 Å². The Hall–Kier alpha value is -2.26. The Morgan fingerprint density at radius 2 is 1.96 bits per heavy atom. The molecule has 0 spiro atoms. The van der Waals surface area contributed by atoms with E-state index in [9.17, 15) is 4.79 Å². The van der Waals surface area contributed by atoms with Crippen LogP contribution in [-0.4, -0.2) is 10.8 Å². The molecule has 0 amide bonds. The summed E-state index contributed by atoms with van der Waals surface area (Å²) in [5, 5.41) is 1.64. The third kappa shape index (κ3) is 2.97. The lowest BCUT2D eigenvalue weighted by Gasteiger charge is -2.10. The molecule has 116 valence electrons. The van der Waals surface area contributed by atoms with E-state index < -0.39 is 0 Å². The van der Waals surface area contributed by atoms with Crippen molar-refractivity contribution in [2.45, 2.75) is 26.7 Å². The van der Waals surface area contributed by atoms with Crippen molar-refractivity contribution in [3.63, 3.8) is 0 Å². The Balaban J connectivity index is 2.35. The normalized spacial score (nSPS) is 10.9. The molecule has 0 fully saturated rings. The number of rotatable bonds is 4. The quantitative estimate of drug-likeness (QED) is 0.524. The van der Waals surface area contributed by atoms with Gasteiger partial charge in [0.2, 0.25) is 5.69 Å². The summed E-state index contributed by atoms with van der Waals surface area (Å²) in [5.74, 6) is 0.0683. The Kier molecular flexibility index (Phi) is 4.39. The van der Waals surface area contributed by atoms with E-state index in [1.165, 1.54) is 0 Å². The summed E-state index contributed by atoms with van der Waals surface area (Å²) in [6.07, 6.45) is 5.16. The van der Waals surface area contributed by atoms with E-state index in [4.69, 9.17) is 11.6 Å². The molecule has 3 rings (SSSR count). The molecular formula is C19H18ClN2O+. The molecule has 1 aromatic carbocycles. The van der Waals surface area contributed by atoms with Crippen LogP contribution < -0.4 is 4.57 Å². The van der Waals surface area contributed by atoms with Gasteiger partial charge in [0, 0.05) is 34.5 Å². The maximum absolute atomic E-state index is 12.6. The number of nitrogens with zero attached hydrogens (tertiary/aromatic N) is 2. The van der Waals surface area contributed by atoms with Gasteiger partial charge in [0.25, 0.3) is 0 Å². The topological polar surface area (TPSA) is 33.8 Å². The van der Waals surface area contributed by atoms with E-state index in [1.54, 1.807) is 6.07 Å². The molecule has 0 saturated heterocycles. The van der Waals surface area contributed by atoms with Gasteiger partial charge in [-0.15, -0.1) is 0 Å². The predicted octanol–water partition coefficient (Wildman–Crippen LogP) is 4.46. The first-order valence-corrected chi connectivity index (χ1v) is 8.09. The molecule has 0 saturated carbocycles. The van der Waals surface area contributed by atoms with Crippen molar-refractivity contribution in [1.82, 2.24) is 4.98 Å². The monoisotopic (exact) mass is 325 g/mol. The maximum atomic E-state index is 12.6. The molecule has 0 atom stereocenters. The van der Waals surface area contributed by atoms with Crippen molar-refractivity contribution >= 4 is 28.3 Å². The number of aromatic nitrogens is 2. The highest BCUT2D eigenvalue weighted by Crippen LogP contribution is 2.26. The van der Waals surface area contributed by atoms with Crippen molar-refractivity contribution in [2.24, 2.45) is 0 Å². The maximum Gasteiger partial charge on any atom is 0.243 e. The van der Waals surface area contributed by atoms with E-state index >= 15 is 0 Å². The number of aryl methyl sites for hydroxylation is 1. The lowest BCUT2D eigenvalue weighted by molar-refractivity contribution is -0.596. The average molecular weight is 326 g/mol. The number of fused-ring (bicyclic) bond motifs is 1. The van der Waals surface area contributed by atoms with Gasteiger partial charge in [-0.2, -0.15) is 4.57 Å². The number of carbonyl (C=O) groups excluding carboxylic acids is 1. The number of benzene rings is 1. The number of ketones is 1. The summed E-state index contributed by atoms with van der Waals surface area (Å²) in [6.45, 7) is 4.01. The SMILES string of the molecule is CCCC(=O)c1nc2ccc(Cl)cc2c(C)c1-[n+]1ccccc1. The van der Waals surface area contributed by atoms with Gasteiger partial charge in [0.05, 0.1) is 5.52 Å². The van der Waals surface area contributed by atoms with E-state index in [-0.39, 0.29) is 5.78 Å². The van der Waals surface area contributed by atoms with Gasteiger partial charge in [-0.3, -0.25) is 4.79 Å². The molecule has 0 bridgehead atoms. The van der Waals surface area contributed by atoms with Crippen LogP contribution >= 0.6 is 11.6 Å². The highest BCUT2D eigenvalue weighted by Gasteiger charge is 2.24. The summed E-state index contributed by atoms with van der Waals surface area (Å²) in [4.78, 5) is 17.2. The van der Waals surface area contributed by atoms with Crippen LogP contribution in [-0.2, 0) is 0 Å². The zero-order valence-corrected chi connectivity index (χ0v) is 14.0. The second kappa shape index (κ2) is 6.47. The summed E-state index contributed by atoms with van der Waals surface area (Å²) in [7, 11) is 0. The molecule has 0 N–H and O–H groups in total. The van der Waals surface area contributed by atoms with Crippen LogP contribution in [0.15, 0.2) is 48.8 Å². The van der Waals surface area contributed by atoms with Crippen LogP contribution in [0.2, 0.25) is 5.02 Å². The molecular weight excluding hydrogens is 308 g/mol. The van der Waals surface area contributed by atoms with Crippen molar-refractivity contribution in [3.8, 4) is 5.69 Å². The summed E-state index contributed by atoms with van der Waals surface area (Å²) < 4.78 is 1.95. The van der Waals surface area contributed by atoms with Crippen LogP contribution in [0.25, 0.3) is 16.6 Å². The van der Waals surface area contributed by atoms with Crippen LogP contribution in [0.4, 0.5) is 0 Å². The van der Waals surface area contributed by atoms with Crippen LogP contribution in [0.1, 0.15) is 35.8 Å². The third-order valence-electron chi connectivity index (χ3n) is 3.89. The van der Waals surface area contributed by atoms with Crippen molar-refractivity contribution in [2.75, 3.05) is 0 Å². The van der Waals surface area contributed by atoms with Crippen molar-refractivity contribution < 1.29 is 9.36 Å². The fraction of sp³-hybridized carbons (Fsp3) is 0.211. The van der Waals surface area contributed by atoms with Gasteiger partial charge in [-0.1, -0.05) is 24.6 Å². The van der Waals surface area contributed by atoms with Gasteiger partial charge in [-0.25, -0.2) is 4.98 Å². The smallest absolute Gasteiger partial charge is 0.243 e. The molecule has 0 aliphatic carbocycles. The van der Waals surface area contributed by atoms with Crippen LogP contribution in [0, 0.1) is 6.92 Å². The highest BCUT2D eigenvalue weighted by atomic mass is 35.5. The average Bonchev–Trinajstić information content (AvgIpc) is 2.56. The van der Waals surface area contributed by atoms with Gasteiger partial charge in [0.15, 0.2) is 23.9 Å². The summed E-state index contributed by atoms with van der Waals surface area (Å²) >= 11 is 6.14. The van der Waals surface area contributed by atoms with Gasteiger partial charge >= 0.3 is 0 Å². The zero-order valence-electron chi connectivity index (χ0n) is 13.2. The van der Waals surface area contributed by atoms with Gasteiger partial charge in [-0.05, 0) is 31.5 Å². The van der Waals surface area contributed by atoms with Crippen LogP contribution in [0.3, 0.4) is 0 Å². The Labute approximate surface area is 140 Å². The zero-order chi connectivity index (χ0) is 16.4. The van der Waals surface area contributed by atoms with E-state index in [0.29, 0.717) is 17.1 Å². The Morgan fingerprint density at radius 1 is 1.22 bits per heavy atom. The van der Waals surface area contributed by atoms with Gasteiger partial charge in [0.1, 0.15) is 0 Å². The molecule has 0 aliphatic heterocycles. The highest BCUT2D eigenvalue weighted by molar-refractivity contribution is 6.31. The van der Waals surface area contributed by atoms with Crippen molar-refractivity contribution in [3.05, 3.63) is 65.1 Å². The third-order valence-corrected chi connectivity index (χ3v) is 4.12. The van der Waals surface area contributed by atoms with E-state index in [2.05, 4.69) is 4.98 Å². The number of hydrogen-bond acceptors (Lipinski definition) is 2. The van der Waals surface area contributed by atoms with Crippen LogP contribution in [0.5, 0.6) is 0 Å². The largest absolute Gasteiger partial charge is 0.292 e. The minimum Gasteiger partial charge on any atom is -0.292 e. The predicted molar refractivity (Wildman–Crippen MR) is 92.3 cm³/mol. The first kappa shape index (κ1) is 15.6. The van der Waals surface area contributed by atoms with Crippen molar-refractivity contribution in [1.29, 1.82) is 0 Å². The Bertz CT molecular complexity index is 875. The number of pyridine rings is 2. The van der Waals surface area contributed by atoms with Gasteiger partial charge < -0.3 is 0 Å². The molecule has 0 unspecified atom stereocenters. The minimum atomic E-state index is 0.0683. The fourth-order valence-electron chi connectivity index (χ4n) is 2.79. The lowest BCUT2D eigenvalue weighted by Crippen LogP contribution is -2.33. The molecule has 0 aliphatic rings. The first-order valence-electron chi connectivity index (χ1n) is 7.71. The Morgan fingerprint density at radius 3 is 2.65 bits per heavy atom. The first-order chi connectivity index (χ1) is 11.1. The second-order valence-electron chi connectivity index (χ2n) is 5.55. The molecule has 2 aromatic heterocycles. The summed E-state index contributed by atoms with van der Waals surface area (Å²) in [6, 6.07) is 11.4. The fourth-order valence-corrected chi connectivity index (χ4v) is 2.96. The molecule has 3 nitrogen and oxygen atoms in total. The minimum absolute atomic E-state index is 0.0683. The number of Topliss-reactive ketones (excluding diaryl/α,β-unsaturated/α-hetero) is 1. The second-order valence-corrected chi connectivity index (χ2v) is 5.99. The number of carbonyl (C=O) groups is 1. The molecule has 0 radical (unpaired) electrons. The molecule has 23 heavy (non-hydrogen) atoms. The number of hydrogen-bond donors (Lipinski definition) is 0. The standard InChI is InChI=1S/C19H18ClN2O/c1-3-7-17(23)18-19(22-10-5-4-6-11-22)13(2)15-12-14(20)8-9-16(15)21-18/h4-6,8-12H,3,7H2,1-2H3/q+1. The summed E-state index contributed by atoms with van der Waals surface area (Å²) in [5.41, 5.74) is 3.16. The lowest BCUT2D eigenvalue weighted by atomic mass is 10.0. The number of halogens is 1.